The Balaban J connectivity index is 2.32. The lowest BCUT2D eigenvalue weighted by molar-refractivity contribution is -0.115. The maximum atomic E-state index is 12.8. The van der Waals surface area contributed by atoms with Crippen LogP contribution in [0.15, 0.2) is 24.3 Å². The van der Waals surface area contributed by atoms with Crippen molar-refractivity contribution >= 4 is 11.6 Å². The highest BCUT2D eigenvalue weighted by Gasteiger charge is 2.01. The van der Waals surface area contributed by atoms with E-state index in [1.54, 1.807) is 6.07 Å². The number of nitrogens with one attached hydrogen (secondary N) is 2. The Morgan fingerprint density at radius 2 is 2.31 bits per heavy atom. The number of hydrogen-bond donors (Lipinski definition) is 2. The van der Waals surface area contributed by atoms with Crippen LogP contribution in [0.2, 0.25) is 0 Å². The molecule has 4 heteroatoms. The van der Waals surface area contributed by atoms with Gasteiger partial charge in [-0.15, -0.1) is 12.3 Å². The fourth-order valence-corrected chi connectivity index (χ4v) is 1.13. The van der Waals surface area contributed by atoms with Gasteiger partial charge >= 0.3 is 0 Å². The third-order valence-electron chi connectivity index (χ3n) is 1.84. The summed E-state index contributed by atoms with van der Waals surface area (Å²) >= 11 is 0. The molecule has 2 N–H and O–H groups in total. The average molecular weight is 220 g/mol. The van der Waals surface area contributed by atoms with Crippen LogP contribution in [0.4, 0.5) is 10.1 Å². The molecule has 0 unspecified atom stereocenters. The lowest BCUT2D eigenvalue weighted by Gasteiger charge is -2.05. The Bertz CT molecular complexity index is 398. The maximum absolute atomic E-state index is 12.8. The predicted octanol–water partition coefficient (Wildman–Crippen LogP) is 1.38. The Kier molecular flexibility index (Phi) is 5.03. The number of carbonyl (C=O) groups is 1. The summed E-state index contributed by atoms with van der Waals surface area (Å²) in [4.78, 5) is 11.3. The Morgan fingerprint density at radius 1 is 1.50 bits per heavy atom. The number of terminal acetylenes is 1. The highest BCUT2D eigenvalue weighted by Crippen LogP contribution is 2.08. The summed E-state index contributed by atoms with van der Waals surface area (Å²) in [5.41, 5.74) is 0.448. The first-order chi connectivity index (χ1) is 7.72. The van der Waals surface area contributed by atoms with Crippen molar-refractivity contribution in [2.45, 2.75) is 6.42 Å². The molecular weight excluding hydrogens is 207 g/mol. The molecule has 0 radical (unpaired) electrons. The van der Waals surface area contributed by atoms with Gasteiger partial charge in [-0.25, -0.2) is 4.39 Å². The van der Waals surface area contributed by atoms with E-state index in [-0.39, 0.29) is 18.3 Å². The highest BCUT2D eigenvalue weighted by molar-refractivity contribution is 5.92. The van der Waals surface area contributed by atoms with E-state index in [1.807, 2.05) is 0 Å². The van der Waals surface area contributed by atoms with Crippen molar-refractivity contribution in [3.05, 3.63) is 30.1 Å². The van der Waals surface area contributed by atoms with Gasteiger partial charge in [0.15, 0.2) is 0 Å². The van der Waals surface area contributed by atoms with Gasteiger partial charge in [0, 0.05) is 18.7 Å². The minimum absolute atomic E-state index is 0.165. The van der Waals surface area contributed by atoms with Crippen molar-refractivity contribution in [1.29, 1.82) is 0 Å². The molecule has 0 aliphatic heterocycles. The van der Waals surface area contributed by atoms with Gasteiger partial charge in [0.05, 0.1) is 6.54 Å². The molecule has 3 nitrogen and oxygen atoms in total. The molecular formula is C12H13FN2O. The standard InChI is InChI=1S/C12H13FN2O/c1-2-3-7-14-9-12(16)15-11-6-4-5-10(13)8-11/h1,4-6,8,14H,3,7,9H2,(H,15,16). The summed E-state index contributed by atoms with van der Waals surface area (Å²) in [5, 5.41) is 5.44. The Labute approximate surface area is 94.0 Å². The third-order valence-corrected chi connectivity index (χ3v) is 1.84. The summed E-state index contributed by atoms with van der Waals surface area (Å²) in [5.74, 6) is 1.86. The molecule has 0 bridgehead atoms. The normalized spacial score (nSPS) is 9.50. The largest absolute Gasteiger partial charge is 0.325 e. The molecule has 84 valence electrons. The molecule has 0 aromatic heterocycles. The number of hydrogen-bond acceptors (Lipinski definition) is 2. The quantitative estimate of drug-likeness (QED) is 0.581. The van der Waals surface area contributed by atoms with Crippen LogP contribution in [0.25, 0.3) is 0 Å². The summed E-state index contributed by atoms with van der Waals surface area (Å²) in [6, 6.07) is 5.75. The number of carbonyl (C=O) groups excluding carboxylic acids is 1. The third kappa shape index (κ3) is 4.58. The zero-order valence-corrected chi connectivity index (χ0v) is 8.79. The predicted molar refractivity (Wildman–Crippen MR) is 61.3 cm³/mol. The molecule has 1 rings (SSSR count). The minimum atomic E-state index is -0.377. The molecule has 0 saturated carbocycles. The van der Waals surface area contributed by atoms with Gasteiger partial charge in [0.1, 0.15) is 5.82 Å². The first-order valence-electron chi connectivity index (χ1n) is 4.92. The number of benzene rings is 1. The average Bonchev–Trinajstić information content (AvgIpc) is 2.24. The smallest absolute Gasteiger partial charge is 0.238 e. The van der Waals surface area contributed by atoms with E-state index < -0.39 is 0 Å². The van der Waals surface area contributed by atoms with E-state index >= 15 is 0 Å². The van der Waals surface area contributed by atoms with Gasteiger partial charge in [-0.2, -0.15) is 0 Å². The summed E-state index contributed by atoms with van der Waals surface area (Å²) in [6.45, 7) is 0.755. The first-order valence-corrected chi connectivity index (χ1v) is 4.92. The molecule has 0 saturated heterocycles. The van der Waals surface area contributed by atoms with Crippen LogP contribution in [0, 0.1) is 18.2 Å². The molecule has 1 amide bonds. The van der Waals surface area contributed by atoms with E-state index in [9.17, 15) is 9.18 Å². The second-order valence-electron chi connectivity index (χ2n) is 3.19. The van der Waals surface area contributed by atoms with Crippen molar-refractivity contribution in [3.63, 3.8) is 0 Å². The molecule has 0 fully saturated rings. The fourth-order valence-electron chi connectivity index (χ4n) is 1.13. The molecule has 0 atom stereocenters. The van der Waals surface area contributed by atoms with Gasteiger partial charge < -0.3 is 10.6 Å². The summed E-state index contributed by atoms with van der Waals surface area (Å²) < 4.78 is 12.8. The van der Waals surface area contributed by atoms with Gasteiger partial charge in [-0.1, -0.05) is 6.07 Å². The van der Waals surface area contributed by atoms with Crippen LogP contribution in [0.5, 0.6) is 0 Å². The van der Waals surface area contributed by atoms with Gasteiger partial charge in [0.2, 0.25) is 5.91 Å². The molecule has 1 aromatic rings. The van der Waals surface area contributed by atoms with Crippen molar-refractivity contribution in [1.82, 2.24) is 5.32 Å². The molecule has 0 aliphatic carbocycles. The van der Waals surface area contributed by atoms with Crippen molar-refractivity contribution in [2.24, 2.45) is 0 Å². The Morgan fingerprint density at radius 3 is 3.00 bits per heavy atom. The second-order valence-corrected chi connectivity index (χ2v) is 3.19. The van der Waals surface area contributed by atoms with Crippen molar-refractivity contribution in [3.8, 4) is 12.3 Å². The maximum Gasteiger partial charge on any atom is 0.238 e. The number of rotatable bonds is 5. The van der Waals surface area contributed by atoms with Gasteiger partial charge in [-0.3, -0.25) is 4.79 Å². The number of amides is 1. The van der Waals surface area contributed by atoms with Crippen LogP contribution >= 0.6 is 0 Å². The zero-order chi connectivity index (χ0) is 11.8. The molecule has 0 heterocycles. The van der Waals surface area contributed by atoms with E-state index in [4.69, 9.17) is 6.42 Å². The molecule has 16 heavy (non-hydrogen) atoms. The number of halogens is 1. The molecule has 1 aromatic carbocycles. The van der Waals surface area contributed by atoms with Gasteiger partial charge in [-0.05, 0) is 18.2 Å². The zero-order valence-electron chi connectivity index (χ0n) is 8.79. The monoisotopic (exact) mass is 220 g/mol. The number of anilines is 1. The van der Waals surface area contributed by atoms with Crippen LogP contribution in [0.3, 0.4) is 0 Å². The van der Waals surface area contributed by atoms with Crippen molar-refractivity contribution in [2.75, 3.05) is 18.4 Å². The second kappa shape index (κ2) is 6.59. The van der Waals surface area contributed by atoms with Crippen molar-refractivity contribution < 1.29 is 9.18 Å². The van der Waals surface area contributed by atoms with E-state index in [2.05, 4.69) is 16.6 Å². The van der Waals surface area contributed by atoms with E-state index in [1.165, 1.54) is 18.2 Å². The van der Waals surface area contributed by atoms with E-state index in [0.29, 0.717) is 18.7 Å². The lowest BCUT2D eigenvalue weighted by Crippen LogP contribution is -2.28. The topological polar surface area (TPSA) is 41.1 Å². The minimum Gasteiger partial charge on any atom is -0.325 e. The van der Waals surface area contributed by atoms with Crippen LogP contribution in [-0.4, -0.2) is 19.0 Å². The summed E-state index contributed by atoms with van der Waals surface area (Å²) in [6.07, 6.45) is 5.63. The molecule has 0 aliphatic rings. The summed E-state index contributed by atoms with van der Waals surface area (Å²) in [7, 11) is 0. The van der Waals surface area contributed by atoms with Crippen LogP contribution in [-0.2, 0) is 4.79 Å². The highest BCUT2D eigenvalue weighted by atomic mass is 19.1. The first kappa shape index (κ1) is 12.2. The molecule has 0 spiro atoms. The van der Waals surface area contributed by atoms with Gasteiger partial charge in [0.25, 0.3) is 0 Å². The SMILES string of the molecule is C#CCCNCC(=O)Nc1cccc(F)c1. The van der Waals surface area contributed by atoms with Crippen LogP contribution in [0.1, 0.15) is 6.42 Å². The fraction of sp³-hybridized carbons (Fsp3) is 0.250. The lowest BCUT2D eigenvalue weighted by atomic mass is 10.3. The van der Waals surface area contributed by atoms with Crippen LogP contribution < -0.4 is 10.6 Å². The Hall–Kier alpha value is -1.86. The van der Waals surface area contributed by atoms with E-state index in [0.717, 1.165) is 0 Å².